The fourth-order valence-electron chi connectivity index (χ4n) is 3.54. The van der Waals surface area contributed by atoms with Gasteiger partial charge in [-0.15, -0.1) is 0 Å². The molecule has 206 valence electrons. The Morgan fingerprint density at radius 3 is 2.21 bits per heavy atom. The van der Waals surface area contributed by atoms with Gasteiger partial charge in [-0.05, 0) is 99.8 Å². The summed E-state index contributed by atoms with van der Waals surface area (Å²) in [4.78, 5) is 24.6. The maximum Gasteiger partial charge on any atom is 0.264 e. The first-order valence-corrected chi connectivity index (χ1v) is 13.9. The molecular weight excluding hydrogens is 516 g/mol. The van der Waals surface area contributed by atoms with Crippen LogP contribution in [0.3, 0.4) is 0 Å². The molecule has 0 fully saturated rings. The summed E-state index contributed by atoms with van der Waals surface area (Å²) in [6.45, 7) is 8.88. The normalized spacial score (nSPS) is 11.4. The molecule has 0 saturated carbocycles. The monoisotopic (exact) mass is 550 g/mol. The highest BCUT2D eigenvalue weighted by atomic mass is 32.2. The van der Waals surface area contributed by atoms with Crippen molar-refractivity contribution in [2.24, 2.45) is 5.10 Å². The molecule has 39 heavy (non-hydrogen) atoms. The zero-order chi connectivity index (χ0) is 28.6. The van der Waals surface area contributed by atoms with E-state index in [-0.39, 0.29) is 23.5 Å². The third kappa shape index (κ3) is 8.41. The molecule has 3 aromatic carbocycles. The van der Waals surface area contributed by atoms with Crippen molar-refractivity contribution in [3.05, 3.63) is 89.0 Å². The van der Waals surface area contributed by atoms with Crippen molar-refractivity contribution < 1.29 is 22.7 Å². The van der Waals surface area contributed by atoms with Crippen LogP contribution in [0.25, 0.3) is 0 Å². The number of sulfonamides is 1. The van der Waals surface area contributed by atoms with Gasteiger partial charge in [0.15, 0.2) is 6.61 Å². The minimum Gasteiger partial charge on any atom is -0.484 e. The van der Waals surface area contributed by atoms with Crippen molar-refractivity contribution in [1.29, 1.82) is 0 Å². The van der Waals surface area contributed by atoms with Gasteiger partial charge in [-0.2, -0.15) is 5.10 Å². The van der Waals surface area contributed by atoms with E-state index in [9.17, 15) is 18.0 Å². The summed E-state index contributed by atoms with van der Waals surface area (Å²) in [6, 6.07) is 18.6. The summed E-state index contributed by atoms with van der Waals surface area (Å²) in [6.07, 6.45) is 1.43. The molecule has 3 aromatic rings. The number of hydrogen-bond acceptors (Lipinski definition) is 6. The number of carbonyl (C=O) groups is 2. The van der Waals surface area contributed by atoms with Gasteiger partial charge in [0.05, 0.1) is 16.8 Å². The van der Waals surface area contributed by atoms with Gasteiger partial charge < -0.3 is 10.1 Å². The lowest BCUT2D eigenvalue weighted by molar-refractivity contribution is -0.123. The predicted molar refractivity (Wildman–Crippen MR) is 153 cm³/mol. The first kappa shape index (κ1) is 29.4. The van der Waals surface area contributed by atoms with E-state index in [0.717, 1.165) is 21.0 Å². The van der Waals surface area contributed by atoms with Crippen LogP contribution in [-0.4, -0.2) is 45.6 Å². The van der Waals surface area contributed by atoms with Gasteiger partial charge >= 0.3 is 0 Å². The summed E-state index contributed by atoms with van der Waals surface area (Å²) in [5.74, 6) is -0.297. The molecule has 9 nitrogen and oxygen atoms in total. The van der Waals surface area contributed by atoms with E-state index in [1.54, 1.807) is 48.5 Å². The molecule has 0 saturated heterocycles. The third-order valence-electron chi connectivity index (χ3n) is 5.78. The number of amides is 2. The van der Waals surface area contributed by atoms with Crippen LogP contribution in [0.4, 0.5) is 5.69 Å². The summed E-state index contributed by atoms with van der Waals surface area (Å²) in [7, 11) is -4.02. The average molecular weight is 551 g/mol. The molecule has 0 heterocycles. The topological polar surface area (TPSA) is 117 Å². The Hall–Kier alpha value is -4.18. The lowest BCUT2D eigenvalue weighted by Gasteiger charge is -2.24. The molecule has 0 aliphatic carbocycles. The fourth-order valence-corrected chi connectivity index (χ4v) is 4.95. The number of ether oxygens (including phenoxy) is 1. The molecular formula is C29H34N4O5S. The van der Waals surface area contributed by atoms with E-state index >= 15 is 0 Å². The zero-order valence-corrected chi connectivity index (χ0v) is 23.6. The molecule has 2 N–H and O–H groups in total. The Kier molecular flexibility index (Phi) is 9.84. The Balaban J connectivity index is 1.69. The lowest BCUT2D eigenvalue weighted by atomic mass is 10.1. The second-order valence-corrected chi connectivity index (χ2v) is 11.3. The van der Waals surface area contributed by atoms with E-state index in [1.165, 1.54) is 18.3 Å². The van der Waals surface area contributed by atoms with E-state index in [4.69, 9.17) is 4.74 Å². The molecule has 0 spiro atoms. The quantitative estimate of drug-likeness (QED) is 0.278. The van der Waals surface area contributed by atoms with E-state index in [0.29, 0.717) is 17.0 Å². The van der Waals surface area contributed by atoms with Crippen molar-refractivity contribution in [2.45, 2.75) is 45.6 Å². The Labute approximate surface area is 229 Å². The Bertz CT molecular complexity index is 1430. The standard InChI is InChI=1S/C29H34N4O5S/c1-20(2)31-29(35)19-38-26-12-9-24(10-13-26)17-30-32-28(34)18-33(25-11-8-22(4)23(5)16-25)39(36,37)27-14-6-21(3)7-15-27/h6-17,20H,18-19H2,1-5H3,(H,31,35)(H,32,34)/b30-17+. The van der Waals surface area contributed by atoms with E-state index < -0.39 is 22.5 Å². The minimum absolute atomic E-state index is 0.0331. The maximum absolute atomic E-state index is 13.5. The number of hydrogen-bond donors (Lipinski definition) is 2. The number of hydrazone groups is 1. The largest absolute Gasteiger partial charge is 0.484 e. The van der Waals surface area contributed by atoms with Crippen molar-refractivity contribution in [3.8, 4) is 5.75 Å². The van der Waals surface area contributed by atoms with Gasteiger partial charge in [0, 0.05) is 6.04 Å². The number of nitrogens with one attached hydrogen (secondary N) is 2. The van der Waals surface area contributed by atoms with Crippen molar-refractivity contribution >= 4 is 33.7 Å². The summed E-state index contributed by atoms with van der Waals surface area (Å²) in [5, 5.41) is 6.72. The smallest absolute Gasteiger partial charge is 0.264 e. The molecule has 10 heteroatoms. The van der Waals surface area contributed by atoms with Gasteiger partial charge in [-0.25, -0.2) is 13.8 Å². The van der Waals surface area contributed by atoms with E-state index in [2.05, 4.69) is 15.8 Å². The average Bonchev–Trinajstić information content (AvgIpc) is 2.88. The van der Waals surface area contributed by atoms with Crippen molar-refractivity contribution in [1.82, 2.24) is 10.7 Å². The molecule has 0 radical (unpaired) electrons. The number of benzene rings is 3. The molecule has 0 bridgehead atoms. The lowest BCUT2D eigenvalue weighted by Crippen LogP contribution is -2.39. The van der Waals surface area contributed by atoms with Crippen molar-refractivity contribution in [3.63, 3.8) is 0 Å². The number of rotatable bonds is 11. The molecule has 0 aliphatic heterocycles. The van der Waals surface area contributed by atoms with Gasteiger partial charge in [0.25, 0.3) is 21.8 Å². The second-order valence-electron chi connectivity index (χ2n) is 9.47. The van der Waals surface area contributed by atoms with Crippen LogP contribution in [0, 0.1) is 20.8 Å². The highest BCUT2D eigenvalue weighted by Crippen LogP contribution is 2.26. The predicted octanol–water partition coefficient (Wildman–Crippen LogP) is 3.86. The van der Waals surface area contributed by atoms with Crippen LogP contribution < -0.4 is 19.8 Å². The number of carbonyl (C=O) groups excluding carboxylic acids is 2. The fraction of sp³-hybridized carbons (Fsp3) is 0.276. The summed E-state index contributed by atoms with van der Waals surface area (Å²) in [5.41, 5.74) is 6.30. The molecule has 2 amide bonds. The summed E-state index contributed by atoms with van der Waals surface area (Å²) >= 11 is 0. The first-order chi connectivity index (χ1) is 18.5. The van der Waals surface area contributed by atoms with Crippen LogP contribution in [-0.2, 0) is 19.6 Å². The highest BCUT2D eigenvalue weighted by Gasteiger charge is 2.27. The second kappa shape index (κ2) is 13.1. The van der Waals surface area contributed by atoms with Crippen LogP contribution in [0.5, 0.6) is 5.75 Å². The minimum atomic E-state index is -4.02. The van der Waals surface area contributed by atoms with Crippen LogP contribution in [0.15, 0.2) is 76.7 Å². The van der Waals surface area contributed by atoms with Crippen LogP contribution >= 0.6 is 0 Å². The van der Waals surface area contributed by atoms with Gasteiger partial charge in [-0.1, -0.05) is 23.8 Å². The molecule has 0 unspecified atom stereocenters. The zero-order valence-electron chi connectivity index (χ0n) is 22.8. The van der Waals surface area contributed by atoms with Gasteiger partial charge in [0.2, 0.25) is 0 Å². The number of anilines is 1. The maximum atomic E-state index is 13.5. The van der Waals surface area contributed by atoms with E-state index in [1.807, 2.05) is 40.7 Å². The Morgan fingerprint density at radius 1 is 0.923 bits per heavy atom. The number of nitrogens with zero attached hydrogens (tertiary/aromatic N) is 2. The van der Waals surface area contributed by atoms with Gasteiger partial charge in [0.1, 0.15) is 12.3 Å². The first-order valence-electron chi connectivity index (χ1n) is 12.5. The number of aryl methyl sites for hydroxylation is 3. The van der Waals surface area contributed by atoms with Gasteiger partial charge in [-0.3, -0.25) is 13.9 Å². The highest BCUT2D eigenvalue weighted by molar-refractivity contribution is 7.92. The Morgan fingerprint density at radius 2 is 1.59 bits per heavy atom. The third-order valence-corrected chi connectivity index (χ3v) is 7.57. The van der Waals surface area contributed by atoms with Crippen LogP contribution in [0.2, 0.25) is 0 Å². The molecule has 0 aliphatic rings. The SMILES string of the molecule is Cc1ccc(S(=O)(=O)N(CC(=O)N/N=C/c2ccc(OCC(=O)NC(C)C)cc2)c2ccc(C)c(C)c2)cc1. The molecule has 0 aromatic heterocycles. The summed E-state index contributed by atoms with van der Waals surface area (Å²) < 4.78 is 33.6. The van der Waals surface area contributed by atoms with Crippen LogP contribution in [0.1, 0.15) is 36.1 Å². The molecule has 0 atom stereocenters. The van der Waals surface area contributed by atoms with Crippen molar-refractivity contribution in [2.75, 3.05) is 17.5 Å². The molecule has 3 rings (SSSR count).